The Labute approximate surface area is 154 Å². The van der Waals surface area contributed by atoms with Crippen LogP contribution >= 0.6 is 0 Å². The molecule has 1 saturated heterocycles. The highest BCUT2D eigenvalue weighted by atomic mass is 32.2. The smallest absolute Gasteiger partial charge is 0.240 e. The fraction of sp³-hybridized carbons (Fsp3) is 0.421. The van der Waals surface area contributed by atoms with Crippen LogP contribution in [0, 0.1) is 0 Å². The van der Waals surface area contributed by atoms with Crippen LogP contribution in [0.2, 0.25) is 0 Å². The number of nitrogens with two attached hydrogens (primary N) is 1. The molecule has 1 aliphatic heterocycles. The zero-order valence-electron chi connectivity index (χ0n) is 14.7. The summed E-state index contributed by atoms with van der Waals surface area (Å²) in [6.07, 6.45) is 3.12. The van der Waals surface area contributed by atoms with Crippen LogP contribution in [0.25, 0.3) is 10.8 Å². The second kappa shape index (κ2) is 8.16. The van der Waals surface area contributed by atoms with Gasteiger partial charge in [0.25, 0.3) is 0 Å². The molecule has 1 atom stereocenters. The van der Waals surface area contributed by atoms with Crippen molar-refractivity contribution in [3.8, 4) is 0 Å². The standard InChI is InChI=1S/C19H25N3O3S/c20-14-17-7-3-4-12-22(17)19(23)10-11-21-26(24,25)18-9-8-15-5-1-2-6-16(15)13-18/h1-2,5-6,8-9,13,17,21H,3-4,7,10-12,14,20H2. The summed E-state index contributed by atoms with van der Waals surface area (Å²) in [6.45, 7) is 1.24. The van der Waals surface area contributed by atoms with Crippen molar-refractivity contribution < 1.29 is 13.2 Å². The number of piperidine rings is 1. The first kappa shape index (κ1) is 18.8. The van der Waals surface area contributed by atoms with Gasteiger partial charge in [0.05, 0.1) is 4.90 Å². The lowest BCUT2D eigenvalue weighted by molar-refractivity contribution is -0.134. The Kier molecular flexibility index (Phi) is 5.90. The molecule has 0 aliphatic carbocycles. The minimum absolute atomic E-state index is 0.0404. The number of sulfonamides is 1. The predicted molar refractivity (Wildman–Crippen MR) is 102 cm³/mol. The molecule has 1 amide bonds. The number of hydrogen-bond acceptors (Lipinski definition) is 4. The van der Waals surface area contributed by atoms with Crippen molar-refractivity contribution in [3.63, 3.8) is 0 Å². The van der Waals surface area contributed by atoms with Gasteiger partial charge in [0.15, 0.2) is 0 Å². The van der Waals surface area contributed by atoms with Gasteiger partial charge in [0, 0.05) is 32.1 Å². The van der Waals surface area contributed by atoms with Crippen LogP contribution in [-0.4, -0.2) is 44.9 Å². The summed E-state index contributed by atoms with van der Waals surface area (Å²) in [5, 5.41) is 1.85. The van der Waals surface area contributed by atoms with Crippen molar-refractivity contribution in [1.29, 1.82) is 0 Å². The normalized spacial score (nSPS) is 18.2. The average molecular weight is 375 g/mol. The Morgan fingerprint density at radius 1 is 1.15 bits per heavy atom. The van der Waals surface area contributed by atoms with Crippen LogP contribution in [-0.2, 0) is 14.8 Å². The molecule has 2 aromatic carbocycles. The molecule has 0 saturated carbocycles. The van der Waals surface area contributed by atoms with E-state index in [1.165, 1.54) is 0 Å². The van der Waals surface area contributed by atoms with Gasteiger partial charge in [-0.2, -0.15) is 0 Å². The van der Waals surface area contributed by atoms with Gasteiger partial charge in [-0.3, -0.25) is 4.79 Å². The van der Waals surface area contributed by atoms with E-state index >= 15 is 0 Å². The maximum absolute atomic E-state index is 12.5. The van der Waals surface area contributed by atoms with Crippen molar-refractivity contribution in [2.45, 2.75) is 36.6 Å². The quantitative estimate of drug-likeness (QED) is 0.806. The minimum atomic E-state index is -3.64. The van der Waals surface area contributed by atoms with E-state index in [0.717, 1.165) is 30.0 Å². The Bertz CT molecular complexity index is 882. The first-order valence-electron chi connectivity index (χ1n) is 8.99. The number of nitrogens with one attached hydrogen (secondary N) is 1. The zero-order valence-corrected chi connectivity index (χ0v) is 15.5. The molecule has 140 valence electrons. The molecule has 2 aromatic rings. The summed E-state index contributed by atoms with van der Waals surface area (Å²) in [5.41, 5.74) is 5.75. The van der Waals surface area contributed by atoms with E-state index in [9.17, 15) is 13.2 Å². The number of nitrogens with zero attached hydrogens (tertiary/aromatic N) is 1. The molecule has 1 unspecified atom stereocenters. The molecule has 3 N–H and O–H groups in total. The minimum Gasteiger partial charge on any atom is -0.338 e. The third-order valence-corrected chi connectivity index (χ3v) is 6.34. The van der Waals surface area contributed by atoms with Gasteiger partial charge >= 0.3 is 0 Å². The topological polar surface area (TPSA) is 92.5 Å². The predicted octanol–water partition coefficient (Wildman–Crippen LogP) is 1.85. The molecule has 0 bridgehead atoms. The molecular formula is C19H25N3O3S. The van der Waals surface area contributed by atoms with E-state index in [1.54, 1.807) is 23.1 Å². The van der Waals surface area contributed by atoms with Crippen molar-refractivity contribution in [1.82, 2.24) is 9.62 Å². The van der Waals surface area contributed by atoms with Gasteiger partial charge in [0.2, 0.25) is 15.9 Å². The number of likely N-dealkylation sites (tertiary alicyclic amines) is 1. The van der Waals surface area contributed by atoms with E-state index in [2.05, 4.69) is 4.72 Å². The number of benzene rings is 2. The number of fused-ring (bicyclic) bond motifs is 1. The van der Waals surface area contributed by atoms with Gasteiger partial charge in [-0.15, -0.1) is 0 Å². The van der Waals surface area contributed by atoms with Crippen LogP contribution in [0.15, 0.2) is 47.4 Å². The molecule has 1 aliphatic rings. The van der Waals surface area contributed by atoms with Gasteiger partial charge in [-0.1, -0.05) is 30.3 Å². The lowest BCUT2D eigenvalue weighted by atomic mass is 10.0. The maximum Gasteiger partial charge on any atom is 0.240 e. The van der Waals surface area contributed by atoms with E-state index in [4.69, 9.17) is 5.73 Å². The van der Waals surface area contributed by atoms with Gasteiger partial charge in [0.1, 0.15) is 0 Å². The Morgan fingerprint density at radius 2 is 1.92 bits per heavy atom. The molecule has 26 heavy (non-hydrogen) atoms. The Hall–Kier alpha value is -1.96. The number of rotatable bonds is 6. The van der Waals surface area contributed by atoms with Crippen molar-refractivity contribution >= 4 is 26.7 Å². The average Bonchev–Trinajstić information content (AvgIpc) is 2.67. The molecular weight excluding hydrogens is 350 g/mol. The molecule has 3 rings (SSSR count). The summed E-state index contributed by atoms with van der Waals surface area (Å²) in [7, 11) is -3.64. The third-order valence-electron chi connectivity index (χ3n) is 4.88. The number of carbonyl (C=O) groups excluding carboxylic acids is 1. The molecule has 1 heterocycles. The molecule has 1 fully saturated rings. The SMILES string of the molecule is NCC1CCCCN1C(=O)CCNS(=O)(=O)c1ccc2ccccc2c1. The summed E-state index contributed by atoms with van der Waals surface area (Å²) in [4.78, 5) is 14.4. The second-order valence-corrected chi connectivity index (χ2v) is 8.40. The highest BCUT2D eigenvalue weighted by Crippen LogP contribution is 2.19. The molecule has 0 spiro atoms. The van der Waals surface area contributed by atoms with Gasteiger partial charge in [-0.25, -0.2) is 13.1 Å². The first-order valence-corrected chi connectivity index (χ1v) is 10.5. The second-order valence-electron chi connectivity index (χ2n) is 6.63. The van der Waals surface area contributed by atoms with E-state index < -0.39 is 10.0 Å². The highest BCUT2D eigenvalue weighted by molar-refractivity contribution is 7.89. The summed E-state index contributed by atoms with van der Waals surface area (Å²) < 4.78 is 27.5. The molecule has 7 heteroatoms. The van der Waals surface area contributed by atoms with Crippen LogP contribution in [0.1, 0.15) is 25.7 Å². The lowest BCUT2D eigenvalue weighted by Gasteiger charge is -2.35. The molecule has 0 aromatic heterocycles. The van der Waals surface area contributed by atoms with Crippen LogP contribution in [0.3, 0.4) is 0 Å². The largest absolute Gasteiger partial charge is 0.338 e. The zero-order chi connectivity index (χ0) is 18.6. The highest BCUT2D eigenvalue weighted by Gasteiger charge is 2.25. The molecule has 0 radical (unpaired) electrons. The van der Waals surface area contributed by atoms with Gasteiger partial charge < -0.3 is 10.6 Å². The number of amides is 1. The van der Waals surface area contributed by atoms with Crippen LogP contribution < -0.4 is 10.5 Å². The van der Waals surface area contributed by atoms with Crippen molar-refractivity contribution in [2.24, 2.45) is 5.73 Å². The first-order chi connectivity index (χ1) is 12.5. The van der Waals surface area contributed by atoms with Crippen LogP contribution in [0.5, 0.6) is 0 Å². The Morgan fingerprint density at radius 3 is 2.69 bits per heavy atom. The van der Waals surface area contributed by atoms with E-state index in [0.29, 0.717) is 13.1 Å². The number of carbonyl (C=O) groups is 1. The fourth-order valence-corrected chi connectivity index (χ4v) is 4.49. The fourth-order valence-electron chi connectivity index (χ4n) is 3.43. The summed E-state index contributed by atoms with van der Waals surface area (Å²) in [5.74, 6) is -0.0404. The van der Waals surface area contributed by atoms with E-state index in [-0.39, 0.29) is 29.8 Å². The number of hydrogen-bond donors (Lipinski definition) is 2. The van der Waals surface area contributed by atoms with E-state index in [1.807, 2.05) is 24.3 Å². The molecule has 6 nitrogen and oxygen atoms in total. The maximum atomic E-state index is 12.5. The lowest BCUT2D eigenvalue weighted by Crippen LogP contribution is -2.48. The Balaban J connectivity index is 1.61. The van der Waals surface area contributed by atoms with Crippen molar-refractivity contribution in [2.75, 3.05) is 19.6 Å². The summed E-state index contributed by atoms with van der Waals surface area (Å²) >= 11 is 0. The van der Waals surface area contributed by atoms with Crippen LogP contribution in [0.4, 0.5) is 0 Å². The monoisotopic (exact) mass is 375 g/mol. The third kappa shape index (κ3) is 4.23. The van der Waals surface area contributed by atoms with Gasteiger partial charge in [-0.05, 0) is 42.2 Å². The summed E-state index contributed by atoms with van der Waals surface area (Å²) in [6, 6.07) is 12.7. The van der Waals surface area contributed by atoms with Crippen molar-refractivity contribution in [3.05, 3.63) is 42.5 Å².